The molecule has 7 N–H and O–H groups in total. The second-order valence-electron chi connectivity index (χ2n) is 6.93. The lowest BCUT2D eigenvalue weighted by atomic mass is 9.90. The number of hydrogen-bond acceptors (Lipinski definition) is 10. The van der Waals surface area contributed by atoms with Crippen molar-refractivity contribution in [3.05, 3.63) is 35.4 Å². The Labute approximate surface area is 161 Å². The Morgan fingerprint density at radius 1 is 1.34 bits per heavy atom. The maximum Gasteiger partial charge on any atom is 0.416 e. The number of carbonyl (C=O) groups excluding carboxylic acids is 1. The molecule has 0 aliphatic carbocycles. The quantitative estimate of drug-likeness (QED) is 0.290. The van der Waals surface area contributed by atoms with Crippen LogP contribution in [0.5, 0.6) is 0 Å². The maximum absolute atomic E-state index is 12.9. The average Bonchev–Trinajstić information content (AvgIpc) is 3.10. The maximum atomic E-state index is 12.9. The molecule has 1 aromatic carbocycles. The minimum atomic E-state index is -4.65. The second kappa shape index (κ2) is 5.97. The zero-order valence-electron chi connectivity index (χ0n) is 14.7. The molecule has 3 heterocycles. The van der Waals surface area contributed by atoms with Crippen LogP contribution in [0.25, 0.3) is 0 Å². The van der Waals surface area contributed by atoms with E-state index in [-0.39, 0.29) is 25.0 Å². The van der Waals surface area contributed by atoms with Gasteiger partial charge in [-0.25, -0.2) is 9.79 Å². The highest BCUT2D eigenvalue weighted by Crippen LogP contribution is 2.44. The number of aliphatic imine (C=N–C) groups is 2. The van der Waals surface area contributed by atoms with Crippen molar-refractivity contribution in [3.63, 3.8) is 0 Å². The number of halogens is 3. The molecule has 0 aromatic heterocycles. The van der Waals surface area contributed by atoms with E-state index in [0.29, 0.717) is 6.07 Å². The summed E-state index contributed by atoms with van der Waals surface area (Å²) in [5, 5.41) is 24.4. The molecule has 0 radical (unpaired) electrons. The van der Waals surface area contributed by atoms with Gasteiger partial charge in [0.25, 0.3) is 0 Å². The van der Waals surface area contributed by atoms with Crippen LogP contribution in [-0.4, -0.2) is 69.7 Å². The summed E-state index contributed by atoms with van der Waals surface area (Å²) in [5.74, 6) is -4.02. The molecule has 0 bridgehead atoms. The van der Waals surface area contributed by atoms with Gasteiger partial charge in [0, 0.05) is 0 Å². The lowest BCUT2D eigenvalue weighted by Gasteiger charge is -2.46. The minimum Gasteiger partial charge on any atom is -0.451 e. The molecule has 1 spiro atoms. The number of hydrogen-bond donors (Lipinski definition) is 5. The third-order valence-corrected chi connectivity index (χ3v) is 5.26. The van der Waals surface area contributed by atoms with Gasteiger partial charge in [0.1, 0.15) is 6.04 Å². The van der Waals surface area contributed by atoms with Crippen LogP contribution in [0, 0.1) is 0 Å². The molecule has 29 heavy (non-hydrogen) atoms. The summed E-state index contributed by atoms with van der Waals surface area (Å²) in [6.45, 7) is -0.285. The molecular weight excluding hydrogens is 397 g/mol. The average molecular weight is 414 g/mol. The number of nitrogens with one attached hydrogen (secondary N) is 1. The van der Waals surface area contributed by atoms with Gasteiger partial charge in [-0.15, -0.1) is 0 Å². The molecule has 2 unspecified atom stereocenters. The molecule has 3 aliphatic heterocycles. The van der Waals surface area contributed by atoms with E-state index < -0.39 is 46.9 Å². The first kappa shape index (κ1) is 19.3. The van der Waals surface area contributed by atoms with Crippen LogP contribution in [0.2, 0.25) is 0 Å². The van der Waals surface area contributed by atoms with Crippen LogP contribution in [0.15, 0.2) is 34.3 Å². The number of nitrogens with two attached hydrogens (primary N) is 2. The largest absolute Gasteiger partial charge is 0.451 e. The molecule has 10 nitrogen and oxygen atoms in total. The van der Waals surface area contributed by atoms with Gasteiger partial charge in [-0.2, -0.15) is 13.2 Å². The molecule has 1 saturated heterocycles. The van der Waals surface area contributed by atoms with E-state index in [2.05, 4.69) is 15.3 Å². The summed E-state index contributed by atoms with van der Waals surface area (Å²) in [5.41, 5.74) is 8.40. The highest BCUT2D eigenvalue weighted by Gasteiger charge is 2.72. The lowest BCUT2D eigenvalue weighted by Crippen LogP contribution is -2.76. The number of alkyl halides is 3. The van der Waals surface area contributed by atoms with Gasteiger partial charge in [-0.05, 0) is 18.2 Å². The van der Waals surface area contributed by atoms with Crippen molar-refractivity contribution in [2.45, 2.75) is 29.8 Å². The molecular formula is C16H17F3N6O4. The van der Waals surface area contributed by atoms with E-state index >= 15 is 0 Å². The minimum absolute atomic E-state index is 0.00714. The summed E-state index contributed by atoms with van der Waals surface area (Å²) in [4.78, 5) is 21.8. The van der Waals surface area contributed by atoms with Crippen LogP contribution in [0.3, 0.4) is 0 Å². The molecule has 0 saturated carbocycles. The molecule has 156 valence electrons. The first-order valence-electron chi connectivity index (χ1n) is 8.49. The predicted molar refractivity (Wildman–Crippen MR) is 92.3 cm³/mol. The summed E-state index contributed by atoms with van der Waals surface area (Å²) < 4.78 is 43.8. The summed E-state index contributed by atoms with van der Waals surface area (Å²) in [6, 6.07) is 2.77. The number of carbonyl (C=O) groups is 1. The number of esters is 1. The smallest absolute Gasteiger partial charge is 0.416 e. The van der Waals surface area contributed by atoms with Crippen molar-refractivity contribution in [2.75, 3.05) is 13.1 Å². The van der Waals surface area contributed by atoms with Crippen LogP contribution in [0.4, 0.5) is 13.2 Å². The first-order valence-corrected chi connectivity index (χ1v) is 8.49. The first-order chi connectivity index (χ1) is 13.5. The summed E-state index contributed by atoms with van der Waals surface area (Å²) in [6.07, 6.45) is -6.23. The van der Waals surface area contributed by atoms with Gasteiger partial charge < -0.3 is 36.6 Å². The van der Waals surface area contributed by atoms with Crippen molar-refractivity contribution in [1.82, 2.24) is 10.2 Å². The highest BCUT2D eigenvalue weighted by molar-refractivity contribution is 5.90. The Balaban J connectivity index is 1.63. The van der Waals surface area contributed by atoms with Crippen molar-refractivity contribution in [1.29, 1.82) is 0 Å². The van der Waals surface area contributed by atoms with E-state index in [0.717, 1.165) is 18.2 Å². The molecule has 0 amide bonds. The SMILES string of the molecule is NC1=NC2CN=C(N)N3C[C@H](OC(=O)c4cccc(C(F)(F)F)c4)C(O)(O)C23N1. The number of guanidine groups is 2. The van der Waals surface area contributed by atoms with Gasteiger partial charge in [-0.1, -0.05) is 6.07 Å². The van der Waals surface area contributed by atoms with Crippen LogP contribution in [0.1, 0.15) is 15.9 Å². The number of aliphatic hydroxyl groups is 2. The van der Waals surface area contributed by atoms with Crippen LogP contribution < -0.4 is 16.8 Å². The number of benzene rings is 1. The fourth-order valence-corrected chi connectivity index (χ4v) is 3.89. The van der Waals surface area contributed by atoms with E-state index in [9.17, 15) is 28.2 Å². The number of ether oxygens (including phenoxy) is 1. The number of rotatable bonds is 2. The van der Waals surface area contributed by atoms with Crippen LogP contribution in [-0.2, 0) is 10.9 Å². The Hall–Kier alpha value is -3.06. The fraction of sp³-hybridized carbons (Fsp3) is 0.438. The van der Waals surface area contributed by atoms with Gasteiger partial charge in [0.15, 0.2) is 23.7 Å². The zero-order valence-corrected chi connectivity index (χ0v) is 14.7. The Bertz CT molecular complexity index is 933. The van der Waals surface area contributed by atoms with Crippen molar-refractivity contribution in [2.24, 2.45) is 21.5 Å². The predicted octanol–water partition coefficient (Wildman–Crippen LogP) is -1.46. The summed E-state index contributed by atoms with van der Waals surface area (Å²) >= 11 is 0. The third-order valence-electron chi connectivity index (χ3n) is 5.26. The lowest BCUT2D eigenvalue weighted by molar-refractivity contribution is -0.255. The topological polar surface area (TPSA) is 159 Å². The van der Waals surface area contributed by atoms with E-state index in [4.69, 9.17) is 16.2 Å². The molecule has 1 aromatic rings. The van der Waals surface area contributed by atoms with Crippen LogP contribution >= 0.6 is 0 Å². The third kappa shape index (κ3) is 2.68. The summed E-state index contributed by atoms with van der Waals surface area (Å²) in [7, 11) is 0. The van der Waals surface area contributed by atoms with Gasteiger partial charge in [0.05, 0.1) is 24.2 Å². The molecule has 3 aliphatic rings. The monoisotopic (exact) mass is 414 g/mol. The second-order valence-corrected chi connectivity index (χ2v) is 6.93. The van der Waals surface area contributed by atoms with Gasteiger partial charge in [0.2, 0.25) is 5.79 Å². The molecule has 13 heteroatoms. The molecule has 3 atom stereocenters. The zero-order chi connectivity index (χ0) is 21.2. The van der Waals surface area contributed by atoms with E-state index in [1.807, 2.05) is 0 Å². The highest BCUT2D eigenvalue weighted by atomic mass is 19.4. The van der Waals surface area contributed by atoms with Crippen molar-refractivity contribution >= 4 is 17.9 Å². The van der Waals surface area contributed by atoms with E-state index in [1.165, 1.54) is 4.90 Å². The van der Waals surface area contributed by atoms with E-state index in [1.54, 1.807) is 0 Å². The standard InChI is InChI=1S/C16H17F3N6O4/c17-16(18,19)8-3-1-2-7(4-8)11(26)29-10-6-25-13(21)22-5-9-14(25,15(10,27)28)24-12(20)23-9/h1-4,9-10,27-28H,5-6H2,(H2,21,22)(H3,20,23,24)/t9?,10-,14?/m0/s1. The Kier molecular flexibility index (Phi) is 3.96. The van der Waals surface area contributed by atoms with Crippen molar-refractivity contribution < 1.29 is 32.9 Å². The fourth-order valence-electron chi connectivity index (χ4n) is 3.89. The van der Waals surface area contributed by atoms with Gasteiger partial charge in [-0.3, -0.25) is 4.99 Å². The Morgan fingerprint density at radius 2 is 2.07 bits per heavy atom. The number of nitrogens with zero attached hydrogens (tertiary/aromatic N) is 3. The Morgan fingerprint density at radius 3 is 2.76 bits per heavy atom. The normalized spacial score (nSPS) is 30.0. The molecule has 1 fully saturated rings. The van der Waals surface area contributed by atoms with Gasteiger partial charge >= 0.3 is 12.1 Å². The van der Waals surface area contributed by atoms with Crippen molar-refractivity contribution in [3.8, 4) is 0 Å². The molecule has 4 rings (SSSR count).